The molecule has 1 atom stereocenters. The Bertz CT molecular complexity index is 730. The molecule has 0 aromatic heterocycles. The number of benzene rings is 1. The normalized spacial score (nSPS) is 32.2. The molecule has 4 nitrogen and oxygen atoms in total. The molecule has 1 aromatic carbocycles. The zero-order valence-corrected chi connectivity index (χ0v) is 17.2. The van der Waals surface area contributed by atoms with Crippen molar-refractivity contribution in [2.75, 3.05) is 5.32 Å². The summed E-state index contributed by atoms with van der Waals surface area (Å²) in [4.78, 5) is 25.1. The second kappa shape index (κ2) is 6.80. The summed E-state index contributed by atoms with van der Waals surface area (Å²) in [5.41, 5.74) is 2.58. The minimum absolute atomic E-state index is 0.0266. The first-order chi connectivity index (χ1) is 12.8. The van der Waals surface area contributed by atoms with Crippen LogP contribution >= 0.6 is 11.6 Å². The van der Waals surface area contributed by atoms with E-state index in [-0.39, 0.29) is 11.5 Å². The molecule has 5 heteroatoms. The molecule has 4 saturated carbocycles. The summed E-state index contributed by atoms with van der Waals surface area (Å²) >= 11 is 6.25. The molecule has 2 N–H and O–H groups in total. The van der Waals surface area contributed by atoms with Gasteiger partial charge >= 0.3 is 11.8 Å². The Morgan fingerprint density at radius 2 is 1.59 bits per heavy atom. The van der Waals surface area contributed by atoms with Crippen molar-refractivity contribution in [2.24, 2.45) is 23.2 Å². The van der Waals surface area contributed by atoms with E-state index in [1.165, 1.54) is 38.5 Å². The van der Waals surface area contributed by atoms with Gasteiger partial charge in [-0.2, -0.15) is 0 Å². The van der Waals surface area contributed by atoms with E-state index in [0.29, 0.717) is 10.7 Å². The van der Waals surface area contributed by atoms with E-state index >= 15 is 0 Å². The molecule has 4 aliphatic carbocycles. The van der Waals surface area contributed by atoms with Gasteiger partial charge in [0.15, 0.2) is 0 Å². The Morgan fingerprint density at radius 1 is 1.04 bits per heavy atom. The number of amides is 2. The van der Waals surface area contributed by atoms with Gasteiger partial charge < -0.3 is 10.6 Å². The van der Waals surface area contributed by atoms with Crippen LogP contribution in [0.5, 0.6) is 0 Å². The summed E-state index contributed by atoms with van der Waals surface area (Å²) in [5.74, 6) is 1.25. The summed E-state index contributed by atoms with van der Waals surface area (Å²) in [6.07, 6.45) is 7.70. The quantitative estimate of drug-likeness (QED) is 0.742. The third kappa shape index (κ3) is 3.49. The highest BCUT2D eigenvalue weighted by atomic mass is 35.5. The number of nitrogens with one attached hydrogen (secondary N) is 2. The fourth-order valence-electron chi connectivity index (χ4n) is 6.37. The molecule has 0 saturated heterocycles. The Labute approximate surface area is 166 Å². The summed E-state index contributed by atoms with van der Waals surface area (Å²) in [6.45, 7) is 5.91. The van der Waals surface area contributed by atoms with Gasteiger partial charge in [-0.3, -0.25) is 9.59 Å². The number of aryl methyl sites for hydroxylation is 2. The zero-order chi connectivity index (χ0) is 19.3. The van der Waals surface area contributed by atoms with Crippen molar-refractivity contribution in [3.05, 3.63) is 28.3 Å². The van der Waals surface area contributed by atoms with Crippen LogP contribution in [0.25, 0.3) is 0 Å². The number of anilines is 1. The maximum Gasteiger partial charge on any atom is 0.313 e. The third-order valence-corrected chi connectivity index (χ3v) is 7.53. The summed E-state index contributed by atoms with van der Waals surface area (Å²) < 4.78 is 0. The molecule has 5 rings (SSSR count). The smallest absolute Gasteiger partial charge is 0.313 e. The van der Waals surface area contributed by atoms with Gasteiger partial charge in [0.2, 0.25) is 0 Å². The Kier molecular flexibility index (Phi) is 4.74. The van der Waals surface area contributed by atoms with Crippen LogP contribution < -0.4 is 10.6 Å². The summed E-state index contributed by atoms with van der Waals surface area (Å²) in [7, 11) is 0. The molecule has 1 aromatic rings. The van der Waals surface area contributed by atoms with Gasteiger partial charge in [-0.1, -0.05) is 17.7 Å². The fourth-order valence-corrected chi connectivity index (χ4v) is 6.74. The van der Waals surface area contributed by atoms with Crippen molar-refractivity contribution in [2.45, 2.75) is 65.3 Å². The Balaban J connectivity index is 1.42. The first kappa shape index (κ1) is 18.8. The number of halogens is 1. The maximum atomic E-state index is 12.6. The minimum atomic E-state index is -0.638. The first-order valence-corrected chi connectivity index (χ1v) is 10.5. The minimum Gasteiger partial charge on any atom is -0.345 e. The molecule has 4 aliphatic rings. The van der Waals surface area contributed by atoms with Crippen LogP contribution in [-0.2, 0) is 9.59 Å². The molecule has 0 aliphatic heterocycles. The van der Waals surface area contributed by atoms with Gasteiger partial charge in [0, 0.05) is 6.04 Å². The molecule has 4 fully saturated rings. The number of carbonyl (C=O) groups is 2. The Hall–Kier alpha value is -1.55. The maximum absolute atomic E-state index is 12.6. The summed E-state index contributed by atoms with van der Waals surface area (Å²) in [6, 6.07) is 3.76. The van der Waals surface area contributed by atoms with Gasteiger partial charge in [-0.25, -0.2) is 0 Å². The average molecular weight is 389 g/mol. The van der Waals surface area contributed by atoms with Crippen molar-refractivity contribution in [3.63, 3.8) is 0 Å². The molecule has 27 heavy (non-hydrogen) atoms. The largest absolute Gasteiger partial charge is 0.345 e. The van der Waals surface area contributed by atoms with Crippen molar-refractivity contribution in [3.8, 4) is 0 Å². The van der Waals surface area contributed by atoms with Crippen LogP contribution in [-0.4, -0.2) is 17.9 Å². The number of carbonyl (C=O) groups excluding carboxylic acids is 2. The van der Waals surface area contributed by atoms with E-state index in [4.69, 9.17) is 11.6 Å². The highest BCUT2D eigenvalue weighted by Crippen LogP contribution is 2.61. The van der Waals surface area contributed by atoms with E-state index in [0.717, 1.165) is 28.9 Å². The second-order valence-corrected chi connectivity index (χ2v) is 9.78. The molecule has 1 unspecified atom stereocenters. The molecule has 0 heterocycles. The standard InChI is InChI=1S/C22H29ClN2O2/c1-12-4-13(2)19(18(23)5-12)25-21(27)20(26)24-14(3)22-9-15-6-16(10-22)8-17(7-15)11-22/h4-5,14-17H,6-11H2,1-3H3,(H,24,26)(H,25,27). The molecular weight excluding hydrogens is 360 g/mol. The predicted octanol–water partition coefficient (Wildman–Crippen LogP) is 4.62. The SMILES string of the molecule is Cc1cc(C)c(NC(=O)C(=O)NC(C)C23CC4CC(CC(C4)C2)C3)c(Cl)c1. The average Bonchev–Trinajstić information content (AvgIpc) is 2.56. The molecule has 2 amide bonds. The van der Waals surface area contributed by atoms with E-state index in [9.17, 15) is 9.59 Å². The van der Waals surface area contributed by atoms with Crippen molar-refractivity contribution >= 4 is 29.1 Å². The van der Waals surface area contributed by atoms with E-state index in [1.54, 1.807) is 6.07 Å². The highest BCUT2D eigenvalue weighted by Gasteiger charge is 2.53. The third-order valence-electron chi connectivity index (χ3n) is 7.23. The topological polar surface area (TPSA) is 58.2 Å². The van der Waals surface area contributed by atoms with Gasteiger partial charge in [0.25, 0.3) is 0 Å². The molecular formula is C22H29ClN2O2. The van der Waals surface area contributed by atoms with E-state index < -0.39 is 11.8 Å². The van der Waals surface area contributed by atoms with Gasteiger partial charge in [-0.05, 0) is 99.7 Å². The van der Waals surface area contributed by atoms with Crippen molar-refractivity contribution < 1.29 is 9.59 Å². The lowest BCUT2D eigenvalue weighted by Crippen LogP contribution is -2.57. The van der Waals surface area contributed by atoms with Crippen molar-refractivity contribution in [1.82, 2.24) is 5.32 Å². The number of rotatable bonds is 3. The molecule has 4 bridgehead atoms. The second-order valence-electron chi connectivity index (χ2n) is 9.37. The van der Waals surface area contributed by atoms with Crippen LogP contribution in [0.15, 0.2) is 12.1 Å². The van der Waals surface area contributed by atoms with Gasteiger partial charge in [-0.15, -0.1) is 0 Å². The number of hydrogen-bond acceptors (Lipinski definition) is 2. The zero-order valence-electron chi connectivity index (χ0n) is 16.4. The van der Waals surface area contributed by atoms with Crippen molar-refractivity contribution in [1.29, 1.82) is 0 Å². The van der Waals surface area contributed by atoms with Gasteiger partial charge in [0.1, 0.15) is 0 Å². The lowest BCUT2D eigenvalue weighted by molar-refractivity contribution is -0.138. The van der Waals surface area contributed by atoms with E-state index in [2.05, 4.69) is 17.6 Å². The monoisotopic (exact) mass is 388 g/mol. The molecule has 146 valence electrons. The highest BCUT2D eigenvalue weighted by molar-refractivity contribution is 6.41. The fraction of sp³-hybridized carbons (Fsp3) is 0.636. The van der Waals surface area contributed by atoms with Crippen LogP contribution in [0.1, 0.15) is 56.6 Å². The lowest BCUT2D eigenvalue weighted by atomic mass is 9.48. The number of hydrogen-bond donors (Lipinski definition) is 2. The van der Waals surface area contributed by atoms with Crippen LogP contribution in [0, 0.1) is 37.0 Å². The van der Waals surface area contributed by atoms with Crippen LogP contribution in [0.3, 0.4) is 0 Å². The molecule has 0 radical (unpaired) electrons. The van der Waals surface area contributed by atoms with Crippen LogP contribution in [0.2, 0.25) is 5.02 Å². The lowest BCUT2D eigenvalue weighted by Gasteiger charge is -2.59. The predicted molar refractivity (Wildman–Crippen MR) is 108 cm³/mol. The first-order valence-electron chi connectivity index (χ1n) is 10.1. The summed E-state index contributed by atoms with van der Waals surface area (Å²) in [5, 5.41) is 6.18. The van der Waals surface area contributed by atoms with E-state index in [1.807, 2.05) is 19.9 Å². The molecule has 0 spiro atoms. The Morgan fingerprint density at radius 3 is 2.11 bits per heavy atom. The van der Waals surface area contributed by atoms with Gasteiger partial charge in [0.05, 0.1) is 10.7 Å². The van der Waals surface area contributed by atoms with Crippen LogP contribution in [0.4, 0.5) is 5.69 Å².